The summed E-state index contributed by atoms with van der Waals surface area (Å²) < 4.78 is 0. The molecule has 2 N–H and O–H groups in total. The van der Waals surface area contributed by atoms with E-state index in [-0.39, 0.29) is 7.33 Å². The molecular weight excluding hydrogens is 448 g/mol. The van der Waals surface area contributed by atoms with Crippen molar-refractivity contribution in [2.45, 2.75) is 41.3 Å². The van der Waals surface area contributed by atoms with Crippen molar-refractivity contribution in [2.75, 3.05) is 5.32 Å². The average molecular weight is 471 g/mol. The number of allylic oxidation sites excluding steroid dienone is 4. The van der Waals surface area contributed by atoms with Crippen molar-refractivity contribution in [3.63, 3.8) is 0 Å². The Labute approximate surface area is 193 Å². The van der Waals surface area contributed by atoms with Gasteiger partial charge in [-0.25, -0.2) is 15.0 Å². The Balaban J connectivity index is 0.00000245. The molecule has 3 heterocycles. The zero-order valence-corrected chi connectivity index (χ0v) is 19.2. The number of hydrogen-bond donors (Lipinski definition) is 2. The third-order valence-corrected chi connectivity index (χ3v) is 7.95. The standard InChI is InChI=1S/C21H20N6OS3.H2/c1-12-10-14(13-2-3-13)4-5-15(12)30-16-6-7-17(31-21-23-11-24-27-21)25-18(16)19(28)26-20-22-8-9-29-20;/h4-9,11-13H,2-3,10H2,1H3,(H,22,26,28)(H,23,24,27);1H. The van der Waals surface area contributed by atoms with Gasteiger partial charge >= 0.3 is 0 Å². The maximum absolute atomic E-state index is 13.1. The molecule has 2 aliphatic carbocycles. The summed E-state index contributed by atoms with van der Waals surface area (Å²) in [6.45, 7) is 2.26. The third kappa shape index (κ3) is 4.91. The molecule has 31 heavy (non-hydrogen) atoms. The number of carbonyl (C=O) groups excluding carboxylic acids is 1. The number of rotatable bonds is 7. The second kappa shape index (κ2) is 8.97. The number of nitrogens with zero attached hydrogens (tertiary/aromatic N) is 4. The van der Waals surface area contributed by atoms with Crippen molar-refractivity contribution >= 4 is 45.9 Å². The second-order valence-corrected chi connectivity index (χ2v) is 10.5. The van der Waals surface area contributed by atoms with Gasteiger partial charge in [0.05, 0.1) is 0 Å². The van der Waals surface area contributed by atoms with Gasteiger partial charge in [-0.3, -0.25) is 15.2 Å². The number of pyridine rings is 1. The quantitative estimate of drug-likeness (QED) is 0.460. The summed E-state index contributed by atoms with van der Waals surface area (Å²) in [5.74, 6) is 0.957. The summed E-state index contributed by atoms with van der Waals surface area (Å²) >= 11 is 4.33. The number of H-pyrrole nitrogens is 1. The molecule has 5 rings (SSSR count). The third-order valence-electron chi connectivity index (χ3n) is 5.11. The van der Waals surface area contributed by atoms with Crippen molar-refractivity contribution in [1.82, 2.24) is 25.1 Å². The second-order valence-electron chi connectivity index (χ2n) is 7.47. The number of aromatic amines is 1. The number of nitrogens with one attached hydrogen (secondary N) is 2. The number of thiazole rings is 1. The van der Waals surface area contributed by atoms with E-state index < -0.39 is 0 Å². The maximum Gasteiger partial charge on any atom is 0.277 e. The molecule has 1 amide bonds. The van der Waals surface area contributed by atoms with Gasteiger partial charge in [0.1, 0.15) is 17.0 Å². The van der Waals surface area contributed by atoms with Crippen LogP contribution in [0.15, 0.2) is 67.7 Å². The Morgan fingerprint density at radius 1 is 1.26 bits per heavy atom. The van der Waals surface area contributed by atoms with Crippen LogP contribution in [-0.4, -0.2) is 31.1 Å². The molecule has 7 nitrogen and oxygen atoms in total. The van der Waals surface area contributed by atoms with Gasteiger partial charge < -0.3 is 0 Å². The highest BCUT2D eigenvalue weighted by Gasteiger charge is 2.29. The fourth-order valence-corrected chi connectivity index (χ4v) is 5.65. The Hall–Kier alpha value is -2.43. The van der Waals surface area contributed by atoms with Crippen LogP contribution >= 0.6 is 34.9 Å². The molecule has 3 aromatic rings. The number of aromatic nitrogens is 5. The van der Waals surface area contributed by atoms with Gasteiger partial charge in [0.2, 0.25) is 0 Å². The monoisotopic (exact) mass is 470 g/mol. The topological polar surface area (TPSA) is 96.5 Å². The predicted molar refractivity (Wildman–Crippen MR) is 125 cm³/mol. The van der Waals surface area contributed by atoms with Crippen molar-refractivity contribution in [2.24, 2.45) is 11.8 Å². The smallest absolute Gasteiger partial charge is 0.277 e. The van der Waals surface area contributed by atoms with E-state index in [0.717, 1.165) is 17.2 Å². The molecular formula is C21H22N6OS3. The van der Waals surface area contributed by atoms with E-state index in [9.17, 15) is 4.79 Å². The average Bonchev–Trinajstić information content (AvgIpc) is 3.25. The minimum absolute atomic E-state index is 0. The Morgan fingerprint density at radius 2 is 2.16 bits per heavy atom. The van der Waals surface area contributed by atoms with Crippen molar-refractivity contribution in [3.8, 4) is 0 Å². The van der Waals surface area contributed by atoms with Gasteiger partial charge in [-0.2, -0.15) is 5.10 Å². The number of hydrogen-bond acceptors (Lipinski definition) is 8. The molecule has 0 aromatic carbocycles. The Kier molecular flexibility index (Phi) is 5.93. The van der Waals surface area contributed by atoms with Gasteiger partial charge in [-0.15, -0.1) is 11.3 Å². The summed E-state index contributed by atoms with van der Waals surface area (Å²) in [7, 11) is 0. The van der Waals surface area contributed by atoms with Crippen LogP contribution in [0.4, 0.5) is 5.13 Å². The number of amides is 1. The first kappa shape index (κ1) is 20.5. The van der Waals surface area contributed by atoms with Gasteiger partial charge in [0.15, 0.2) is 10.3 Å². The lowest BCUT2D eigenvalue weighted by atomic mass is 9.93. The van der Waals surface area contributed by atoms with Crippen LogP contribution in [0, 0.1) is 11.8 Å². The molecule has 160 valence electrons. The number of anilines is 1. The first-order chi connectivity index (χ1) is 15.2. The van der Waals surface area contributed by atoms with Crippen molar-refractivity contribution in [3.05, 3.63) is 58.4 Å². The van der Waals surface area contributed by atoms with Crippen LogP contribution in [0.25, 0.3) is 0 Å². The lowest BCUT2D eigenvalue weighted by Gasteiger charge is -2.22. The maximum atomic E-state index is 13.1. The summed E-state index contributed by atoms with van der Waals surface area (Å²) in [5.41, 5.74) is 1.95. The van der Waals surface area contributed by atoms with Crippen molar-refractivity contribution < 1.29 is 6.22 Å². The van der Waals surface area contributed by atoms with Gasteiger partial charge in [0, 0.05) is 17.9 Å². The fraction of sp³-hybridized carbons (Fsp3) is 0.286. The number of thioether (sulfide) groups is 1. The highest BCUT2D eigenvalue weighted by Crippen LogP contribution is 2.45. The summed E-state index contributed by atoms with van der Waals surface area (Å²) in [6.07, 6.45) is 11.3. The Morgan fingerprint density at radius 3 is 2.87 bits per heavy atom. The summed E-state index contributed by atoms with van der Waals surface area (Å²) in [5, 5.41) is 13.2. The first-order valence-electron chi connectivity index (χ1n) is 9.99. The van der Waals surface area contributed by atoms with E-state index in [1.807, 2.05) is 17.5 Å². The lowest BCUT2D eigenvalue weighted by Crippen LogP contribution is -2.15. The van der Waals surface area contributed by atoms with Crippen LogP contribution in [0.1, 0.15) is 38.1 Å². The predicted octanol–water partition coefficient (Wildman–Crippen LogP) is 5.66. The molecule has 1 saturated carbocycles. The molecule has 2 aliphatic rings. The summed E-state index contributed by atoms with van der Waals surface area (Å²) in [4.78, 5) is 28.1. The molecule has 10 heteroatoms. The van der Waals surface area contributed by atoms with Crippen LogP contribution in [0.3, 0.4) is 0 Å². The number of carbonyl (C=O) groups is 1. The van der Waals surface area contributed by atoms with Crippen LogP contribution in [0.2, 0.25) is 0 Å². The molecule has 0 aliphatic heterocycles. The lowest BCUT2D eigenvalue weighted by molar-refractivity contribution is 0.101. The fourth-order valence-electron chi connectivity index (χ4n) is 3.41. The molecule has 1 fully saturated rings. The van der Waals surface area contributed by atoms with Gasteiger partial charge in [0.25, 0.3) is 5.91 Å². The van der Waals surface area contributed by atoms with E-state index in [1.165, 1.54) is 47.2 Å². The largest absolute Gasteiger partial charge is 0.296 e. The first-order valence-corrected chi connectivity index (χ1v) is 12.5. The zero-order valence-electron chi connectivity index (χ0n) is 16.7. The molecule has 1 unspecified atom stereocenters. The van der Waals surface area contributed by atoms with E-state index >= 15 is 0 Å². The summed E-state index contributed by atoms with van der Waals surface area (Å²) in [6, 6.07) is 3.87. The minimum atomic E-state index is -0.268. The molecule has 0 spiro atoms. The van der Waals surface area contributed by atoms with Crippen molar-refractivity contribution in [1.29, 1.82) is 0 Å². The van der Waals surface area contributed by atoms with E-state index in [4.69, 9.17) is 0 Å². The molecule has 0 radical (unpaired) electrons. The highest BCUT2D eigenvalue weighted by atomic mass is 32.2. The highest BCUT2D eigenvalue weighted by molar-refractivity contribution is 8.03. The molecule has 1 atom stereocenters. The van der Waals surface area contributed by atoms with Crippen LogP contribution in [-0.2, 0) is 0 Å². The Bertz CT molecular complexity index is 1140. The van der Waals surface area contributed by atoms with E-state index in [0.29, 0.717) is 26.9 Å². The minimum Gasteiger partial charge on any atom is -0.296 e. The van der Waals surface area contributed by atoms with Crippen LogP contribution < -0.4 is 5.32 Å². The van der Waals surface area contributed by atoms with Crippen LogP contribution in [0.5, 0.6) is 0 Å². The molecule has 0 bridgehead atoms. The van der Waals surface area contributed by atoms with E-state index in [2.05, 4.69) is 49.5 Å². The molecule has 0 saturated heterocycles. The van der Waals surface area contributed by atoms with Gasteiger partial charge in [-0.1, -0.05) is 36.4 Å². The molecule has 3 aromatic heterocycles. The SMILES string of the molecule is CC1CC(C2CC2)=CC=C1Sc1ccc(Sc2ncn[nH]2)nc1C(=O)Nc1nccs1.[HH]. The van der Waals surface area contributed by atoms with Gasteiger partial charge in [-0.05, 0) is 59.9 Å². The zero-order chi connectivity index (χ0) is 21.2. The van der Waals surface area contributed by atoms with E-state index in [1.54, 1.807) is 23.5 Å². The normalized spacial score (nSPS) is 18.4.